The number of carbonyl (C=O) groups is 1. The lowest BCUT2D eigenvalue weighted by molar-refractivity contribution is 0.0982. The predicted octanol–water partition coefficient (Wildman–Crippen LogP) is 4.45. The molecule has 0 radical (unpaired) electrons. The van der Waals surface area contributed by atoms with Crippen LogP contribution in [0.15, 0.2) is 54.7 Å². The summed E-state index contributed by atoms with van der Waals surface area (Å²) in [5.74, 6) is -0.280. The summed E-state index contributed by atoms with van der Waals surface area (Å²) in [5.41, 5.74) is 2.35. The number of carbonyl (C=O) groups excluding carboxylic acids is 1. The number of halogens is 2. The van der Waals surface area contributed by atoms with Gasteiger partial charge < -0.3 is 0 Å². The topological polar surface area (TPSA) is 42.9 Å². The molecule has 1 aromatic heterocycles. The van der Waals surface area contributed by atoms with Crippen LogP contribution < -0.4 is 0 Å². The average molecular weight is 317 g/mol. The third kappa shape index (κ3) is 2.89. The maximum atomic E-state index is 12.4. The minimum atomic E-state index is -0.808. The van der Waals surface area contributed by atoms with Gasteiger partial charge in [0.15, 0.2) is 0 Å². The number of para-hydroxylation sites is 2. The van der Waals surface area contributed by atoms with E-state index in [9.17, 15) is 4.79 Å². The van der Waals surface area contributed by atoms with Crippen molar-refractivity contribution in [2.45, 2.75) is 5.38 Å². The Morgan fingerprint density at radius 2 is 1.67 bits per heavy atom. The Labute approximate surface area is 131 Å². The Hall–Kier alpha value is -1.97. The summed E-state index contributed by atoms with van der Waals surface area (Å²) < 4.78 is 0. The number of aromatic nitrogens is 2. The second-order valence-corrected chi connectivity index (χ2v) is 5.40. The first-order valence-electron chi connectivity index (χ1n) is 6.31. The van der Waals surface area contributed by atoms with Crippen LogP contribution in [-0.4, -0.2) is 15.8 Å². The molecule has 5 heteroatoms. The van der Waals surface area contributed by atoms with E-state index in [2.05, 4.69) is 9.97 Å². The molecule has 3 rings (SSSR count). The van der Waals surface area contributed by atoms with Crippen molar-refractivity contribution in [1.29, 1.82) is 0 Å². The highest BCUT2D eigenvalue weighted by atomic mass is 35.5. The van der Waals surface area contributed by atoms with Crippen molar-refractivity contribution in [3.05, 3.63) is 71.0 Å². The first kappa shape index (κ1) is 14.0. The second kappa shape index (κ2) is 5.80. The standard InChI is InChI=1S/C16H10Cl2N2O/c17-11-7-5-10(6-8-11)15(18)16(21)14-9-19-12-3-1-2-4-13(12)20-14/h1-9,15H. The van der Waals surface area contributed by atoms with E-state index in [1.165, 1.54) is 6.20 Å². The molecule has 21 heavy (non-hydrogen) atoms. The fourth-order valence-electron chi connectivity index (χ4n) is 1.99. The van der Waals surface area contributed by atoms with E-state index >= 15 is 0 Å². The van der Waals surface area contributed by atoms with Crippen LogP contribution in [0.4, 0.5) is 0 Å². The number of nitrogens with zero attached hydrogens (tertiary/aromatic N) is 2. The lowest BCUT2D eigenvalue weighted by Gasteiger charge is -2.09. The predicted molar refractivity (Wildman–Crippen MR) is 83.9 cm³/mol. The fourth-order valence-corrected chi connectivity index (χ4v) is 2.37. The van der Waals surface area contributed by atoms with E-state index in [4.69, 9.17) is 23.2 Å². The van der Waals surface area contributed by atoms with Crippen LogP contribution in [0.3, 0.4) is 0 Å². The summed E-state index contributed by atoms with van der Waals surface area (Å²) in [6.45, 7) is 0. The molecule has 0 saturated heterocycles. The van der Waals surface area contributed by atoms with Gasteiger partial charge >= 0.3 is 0 Å². The quantitative estimate of drug-likeness (QED) is 0.529. The zero-order valence-corrected chi connectivity index (χ0v) is 12.3. The third-order valence-corrected chi connectivity index (χ3v) is 3.80. The molecular formula is C16H10Cl2N2O. The number of benzene rings is 2. The number of Topliss-reactive ketones (excluding diaryl/α,β-unsaturated/α-hetero) is 1. The van der Waals surface area contributed by atoms with E-state index in [0.29, 0.717) is 16.1 Å². The molecule has 2 aromatic carbocycles. The van der Waals surface area contributed by atoms with E-state index in [1.807, 2.05) is 24.3 Å². The van der Waals surface area contributed by atoms with Gasteiger partial charge in [0.1, 0.15) is 11.1 Å². The lowest BCUT2D eigenvalue weighted by Crippen LogP contribution is -2.10. The fraction of sp³-hybridized carbons (Fsp3) is 0.0625. The van der Waals surface area contributed by atoms with Gasteiger partial charge in [-0.15, -0.1) is 11.6 Å². The van der Waals surface area contributed by atoms with Crippen molar-refractivity contribution < 1.29 is 4.79 Å². The normalized spacial score (nSPS) is 12.3. The second-order valence-electron chi connectivity index (χ2n) is 4.52. The van der Waals surface area contributed by atoms with E-state index in [0.717, 1.165) is 5.52 Å². The van der Waals surface area contributed by atoms with E-state index < -0.39 is 5.38 Å². The first-order chi connectivity index (χ1) is 10.1. The Morgan fingerprint density at radius 1 is 1.00 bits per heavy atom. The van der Waals surface area contributed by atoms with Crippen LogP contribution >= 0.6 is 23.2 Å². The van der Waals surface area contributed by atoms with Crippen LogP contribution in [0.2, 0.25) is 5.02 Å². The number of rotatable bonds is 3. The van der Waals surface area contributed by atoms with Crippen LogP contribution in [0.25, 0.3) is 11.0 Å². The van der Waals surface area contributed by atoms with Gasteiger partial charge in [0.2, 0.25) is 5.78 Å². The molecule has 0 bridgehead atoms. The third-order valence-electron chi connectivity index (χ3n) is 3.09. The van der Waals surface area contributed by atoms with E-state index in [-0.39, 0.29) is 11.5 Å². The molecule has 1 unspecified atom stereocenters. The maximum Gasteiger partial charge on any atom is 0.205 e. The minimum absolute atomic E-state index is 0.253. The molecule has 0 saturated carbocycles. The largest absolute Gasteiger partial charge is 0.290 e. The molecule has 0 amide bonds. The van der Waals surface area contributed by atoms with Gasteiger partial charge in [0, 0.05) is 5.02 Å². The van der Waals surface area contributed by atoms with Crippen molar-refractivity contribution in [2.75, 3.05) is 0 Å². The SMILES string of the molecule is O=C(c1cnc2ccccc2n1)C(Cl)c1ccc(Cl)cc1. The molecule has 0 spiro atoms. The first-order valence-corrected chi connectivity index (χ1v) is 7.12. The number of fused-ring (bicyclic) bond motifs is 1. The Kier molecular flexibility index (Phi) is 3.86. The molecular weight excluding hydrogens is 307 g/mol. The van der Waals surface area contributed by atoms with Gasteiger partial charge in [0.25, 0.3) is 0 Å². The Balaban J connectivity index is 1.94. The number of ketones is 1. The monoisotopic (exact) mass is 316 g/mol. The van der Waals surface area contributed by atoms with Crippen LogP contribution in [0, 0.1) is 0 Å². The Morgan fingerprint density at radius 3 is 2.38 bits per heavy atom. The van der Waals surface area contributed by atoms with Crippen molar-refractivity contribution in [3.8, 4) is 0 Å². The molecule has 0 aliphatic carbocycles. The van der Waals surface area contributed by atoms with Gasteiger partial charge in [-0.2, -0.15) is 0 Å². The maximum absolute atomic E-state index is 12.4. The number of hydrogen-bond acceptors (Lipinski definition) is 3. The molecule has 104 valence electrons. The molecule has 3 aromatic rings. The number of alkyl halides is 1. The van der Waals surface area contributed by atoms with Gasteiger partial charge in [-0.05, 0) is 29.8 Å². The summed E-state index contributed by atoms with van der Waals surface area (Å²) in [4.78, 5) is 21.0. The van der Waals surface area contributed by atoms with Crippen molar-refractivity contribution >= 4 is 40.0 Å². The summed E-state index contributed by atoms with van der Waals surface area (Å²) >= 11 is 12.1. The van der Waals surface area contributed by atoms with Crippen molar-refractivity contribution in [2.24, 2.45) is 0 Å². The summed E-state index contributed by atoms with van der Waals surface area (Å²) in [5, 5.41) is -0.210. The highest BCUT2D eigenvalue weighted by molar-refractivity contribution is 6.34. The van der Waals surface area contributed by atoms with Crippen LogP contribution in [0.1, 0.15) is 21.4 Å². The highest BCUT2D eigenvalue weighted by Crippen LogP contribution is 2.26. The summed E-state index contributed by atoms with van der Waals surface area (Å²) in [6.07, 6.45) is 1.45. The zero-order chi connectivity index (χ0) is 14.8. The molecule has 1 heterocycles. The molecule has 3 nitrogen and oxygen atoms in total. The molecule has 1 atom stereocenters. The van der Waals surface area contributed by atoms with Gasteiger partial charge in [0.05, 0.1) is 17.2 Å². The lowest BCUT2D eigenvalue weighted by atomic mass is 10.1. The zero-order valence-electron chi connectivity index (χ0n) is 10.8. The minimum Gasteiger partial charge on any atom is -0.290 e. The molecule has 0 N–H and O–H groups in total. The Bertz CT molecular complexity index is 803. The highest BCUT2D eigenvalue weighted by Gasteiger charge is 2.21. The van der Waals surface area contributed by atoms with Crippen molar-refractivity contribution in [3.63, 3.8) is 0 Å². The van der Waals surface area contributed by atoms with Crippen LogP contribution in [-0.2, 0) is 0 Å². The van der Waals surface area contributed by atoms with Crippen molar-refractivity contribution in [1.82, 2.24) is 9.97 Å². The molecule has 0 fully saturated rings. The molecule has 0 aliphatic heterocycles. The van der Waals surface area contributed by atoms with Gasteiger partial charge in [-0.1, -0.05) is 35.9 Å². The van der Waals surface area contributed by atoms with Crippen LogP contribution in [0.5, 0.6) is 0 Å². The summed E-state index contributed by atoms with van der Waals surface area (Å²) in [7, 11) is 0. The average Bonchev–Trinajstić information content (AvgIpc) is 2.54. The smallest absolute Gasteiger partial charge is 0.205 e. The summed E-state index contributed by atoms with van der Waals surface area (Å²) in [6, 6.07) is 14.2. The van der Waals surface area contributed by atoms with Gasteiger partial charge in [-0.25, -0.2) is 4.98 Å². The molecule has 0 aliphatic rings. The number of hydrogen-bond donors (Lipinski definition) is 0. The van der Waals surface area contributed by atoms with E-state index in [1.54, 1.807) is 24.3 Å². The van der Waals surface area contributed by atoms with Gasteiger partial charge in [-0.3, -0.25) is 9.78 Å².